The van der Waals surface area contributed by atoms with Crippen LogP contribution < -0.4 is 22.1 Å². The van der Waals surface area contributed by atoms with Crippen molar-refractivity contribution < 1.29 is 23.4 Å². The van der Waals surface area contributed by atoms with Crippen LogP contribution in [0.25, 0.3) is 0 Å². The van der Waals surface area contributed by atoms with Gasteiger partial charge in [0, 0.05) is 19.3 Å². The molecule has 5 N–H and O–H groups in total. The van der Waals surface area contributed by atoms with E-state index in [-0.39, 0.29) is 12.4 Å². The first kappa shape index (κ1) is 18.1. The Hall–Kier alpha value is -2.27. The summed E-state index contributed by atoms with van der Waals surface area (Å²) in [5.74, 6) is -3.86. The lowest BCUT2D eigenvalue weighted by atomic mass is 10.1. The van der Waals surface area contributed by atoms with Gasteiger partial charge < -0.3 is 26.2 Å². The zero-order valence-corrected chi connectivity index (χ0v) is 12.9. The van der Waals surface area contributed by atoms with E-state index in [1.807, 2.05) is 6.92 Å². The number of hydrogen-bond acceptors (Lipinski definition) is 6. The van der Waals surface area contributed by atoms with Crippen LogP contribution in [-0.4, -0.2) is 51.9 Å². The Morgan fingerprint density at radius 2 is 2.25 bits per heavy atom. The van der Waals surface area contributed by atoms with Crippen molar-refractivity contribution in [3.63, 3.8) is 0 Å². The van der Waals surface area contributed by atoms with Gasteiger partial charge in [-0.1, -0.05) is 6.92 Å². The molecule has 1 fully saturated rings. The van der Waals surface area contributed by atoms with Crippen molar-refractivity contribution in [3.05, 3.63) is 22.7 Å². The minimum absolute atomic E-state index is 0.121. The molecule has 1 aliphatic heterocycles. The molecule has 0 aromatic carbocycles. The van der Waals surface area contributed by atoms with E-state index in [0.717, 1.165) is 12.3 Å². The first-order valence-corrected chi connectivity index (χ1v) is 7.35. The summed E-state index contributed by atoms with van der Waals surface area (Å²) in [5.41, 5.74) is 4.29. The third kappa shape index (κ3) is 3.62. The Bertz CT molecular complexity index is 653. The number of carbonyl (C=O) groups is 1. The normalized spacial score (nSPS) is 25.4. The molecule has 11 heteroatoms. The van der Waals surface area contributed by atoms with Gasteiger partial charge in [-0.2, -0.15) is 13.8 Å². The number of aromatic nitrogens is 2. The van der Waals surface area contributed by atoms with Crippen molar-refractivity contribution in [3.8, 4) is 0 Å². The molecule has 2 amide bonds. The fraction of sp³-hybridized carbons (Fsp3) is 0.615. The molecule has 0 spiro atoms. The topological polar surface area (TPSA) is 132 Å². The number of nitrogens with one attached hydrogen (secondary N) is 2. The zero-order chi connectivity index (χ0) is 17.9. The van der Waals surface area contributed by atoms with Crippen molar-refractivity contribution in [1.82, 2.24) is 20.2 Å². The van der Waals surface area contributed by atoms with Crippen molar-refractivity contribution in [1.29, 1.82) is 0 Å². The van der Waals surface area contributed by atoms with Gasteiger partial charge in [-0.15, -0.1) is 0 Å². The first-order chi connectivity index (χ1) is 11.3. The third-order valence-electron chi connectivity index (χ3n) is 3.48. The lowest BCUT2D eigenvalue weighted by molar-refractivity contribution is -0.140. The summed E-state index contributed by atoms with van der Waals surface area (Å²) in [6.07, 6.45) is -3.90. The second-order valence-electron chi connectivity index (χ2n) is 5.33. The van der Waals surface area contributed by atoms with Gasteiger partial charge in [-0.05, 0) is 12.5 Å². The highest BCUT2D eigenvalue weighted by Gasteiger charge is 2.59. The first-order valence-electron chi connectivity index (χ1n) is 7.35. The molecule has 2 heterocycles. The fourth-order valence-electron chi connectivity index (χ4n) is 2.23. The van der Waals surface area contributed by atoms with Gasteiger partial charge in [-0.25, -0.2) is 9.59 Å². The van der Waals surface area contributed by atoms with E-state index in [9.17, 15) is 23.5 Å². The number of nitrogens with two attached hydrogens (primary N) is 1. The highest BCUT2D eigenvalue weighted by molar-refractivity contribution is 5.73. The number of carbonyl (C=O) groups excluding carboxylic acids is 1. The van der Waals surface area contributed by atoms with E-state index in [1.54, 1.807) is 0 Å². The summed E-state index contributed by atoms with van der Waals surface area (Å²) >= 11 is 0. The Morgan fingerprint density at radius 1 is 1.54 bits per heavy atom. The molecule has 24 heavy (non-hydrogen) atoms. The summed E-state index contributed by atoms with van der Waals surface area (Å²) < 4.78 is 34.1. The van der Waals surface area contributed by atoms with Crippen LogP contribution in [0, 0.1) is 0 Å². The Kier molecular flexibility index (Phi) is 5.34. The van der Waals surface area contributed by atoms with E-state index in [0.29, 0.717) is 17.5 Å². The van der Waals surface area contributed by atoms with E-state index < -0.39 is 36.1 Å². The van der Waals surface area contributed by atoms with Crippen LogP contribution >= 0.6 is 0 Å². The molecular formula is C13H19F2N5O4. The maximum absolute atomic E-state index is 14.2. The predicted molar refractivity (Wildman–Crippen MR) is 79.5 cm³/mol. The van der Waals surface area contributed by atoms with Gasteiger partial charge in [0.1, 0.15) is 11.9 Å². The molecule has 1 aliphatic rings. The highest BCUT2D eigenvalue weighted by atomic mass is 19.3. The molecule has 0 saturated carbocycles. The van der Waals surface area contributed by atoms with Crippen molar-refractivity contribution in [2.75, 3.05) is 18.8 Å². The largest absolute Gasteiger partial charge is 0.384 e. The van der Waals surface area contributed by atoms with Crippen molar-refractivity contribution >= 4 is 11.8 Å². The zero-order valence-electron chi connectivity index (χ0n) is 12.9. The monoisotopic (exact) mass is 347 g/mol. The van der Waals surface area contributed by atoms with E-state index >= 15 is 0 Å². The second kappa shape index (κ2) is 7.09. The molecule has 0 radical (unpaired) electrons. The Labute approximate surface area is 135 Å². The van der Waals surface area contributed by atoms with Gasteiger partial charge in [0.15, 0.2) is 6.10 Å². The minimum atomic E-state index is -3.74. The number of aliphatic hydroxyl groups excluding tert-OH is 1. The van der Waals surface area contributed by atoms with Gasteiger partial charge in [-0.3, -0.25) is 4.57 Å². The maximum Gasteiger partial charge on any atom is 0.351 e. The number of alkyl halides is 2. The molecule has 1 aromatic rings. The molecule has 1 saturated heterocycles. The van der Waals surface area contributed by atoms with E-state index in [1.165, 1.54) is 0 Å². The summed E-state index contributed by atoms with van der Waals surface area (Å²) in [6.45, 7) is 1.93. The molecule has 0 aliphatic carbocycles. The molecule has 134 valence electrons. The number of ether oxygens (including phenoxy) is 1. The van der Waals surface area contributed by atoms with Crippen LogP contribution in [0.3, 0.4) is 0 Å². The molecule has 0 unspecified atom stereocenters. The standard InChI is InChI=1S/C13H19F2N5O4/c1-2-4-17-11(22)18-6-7-9(21)13(14,15)10(24-7)20-5-3-8(16)19-12(20)23/h3,5,7,9-10,21H,2,4,6H2,1H3,(H2,16,19,23)(H2,17,18,22)/t7-,9-,10-/m1/s1. The number of rotatable bonds is 5. The molecule has 1 aromatic heterocycles. The lowest BCUT2D eigenvalue weighted by Gasteiger charge is -2.20. The molecule has 9 nitrogen and oxygen atoms in total. The highest BCUT2D eigenvalue weighted by Crippen LogP contribution is 2.41. The third-order valence-corrected chi connectivity index (χ3v) is 3.48. The smallest absolute Gasteiger partial charge is 0.351 e. The number of aliphatic hydroxyl groups is 1. The average Bonchev–Trinajstić information content (AvgIpc) is 2.74. The van der Waals surface area contributed by atoms with Crippen molar-refractivity contribution in [2.45, 2.75) is 37.7 Å². The van der Waals surface area contributed by atoms with Gasteiger partial charge in [0.05, 0.1) is 0 Å². The second-order valence-corrected chi connectivity index (χ2v) is 5.33. The maximum atomic E-state index is 14.2. The summed E-state index contributed by atoms with van der Waals surface area (Å²) in [5, 5.41) is 14.6. The van der Waals surface area contributed by atoms with Crippen LogP contribution in [-0.2, 0) is 4.74 Å². The number of halogens is 2. The quantitative estimate of drug-likeness (QED) is 0.564. The molecule has 0 bridgehead atoms. The number of urea groups is 1. The predicted octanol–water partition coefficient (Wildman–Crippen LogP) is -0.572. The van der Waals surface area contributed by atoms with Crippen LogP contribution in [0.5, 0.6) is 0 Å². The molecule has 3 atom stereocenters. The Balaban J connectivity index is 2.10. The van der Waals surface area contributed by atoms with E-state index in [2.05, 4.69) is 15.6 Å². The number of nitrogens with zero attached hydrogens (tertiary/aromatic N) is 2. The van der Waals surface area contributed by atoms with Gasteiger partial charge in [0.2, 0.25) is 6.23 Å². The molecular weight excluding hydrogens is 328 g/mol. The average molecular weight is 347 g/mol. The summed E-state index contributed by atoms with van der Waals surface area (Å²) in [6, 6.07) is 0.600. The summed E-state index contributed by atoms with van der Waals surface area (Å²) in [7, 11) is 0. The van der Waals surface area contributed by atoms with Crippen LogP contribution in [0.2, 0.25) is 0 Å². The number of amides is 2. The van der Waals surface area contributed by atoms with Crippen LogP contribution in [0.1, 0.15) is 19.6 Å². The van der Waals surface area contributed by atoms with Crippen molar-refractivity contribution in [2.24, 2.45) is 0 Å². The SMILES string of the molecule is CCCNC(=O)NC[C@H]1O[C@@H](n2ccc(N)nc2=O)C(F)(F)[C@@H]1O. The number of nitrogen functional groups attached to an aromatic ring is 1. The fourth-order valence-corrected chi connectivity index (χ4v) is 2.23. The lowest BCUT2D eigenvalue weighted by Crippen LogP contribution is -2.45. The number of anilines is 1. The van der Waals surface area contributed by atoms with Crippen LogP contribution in [0.15, 0.2) is 17.1 Å². The van der Waals surface area contributed by atoms with E-state index in [4.69, 9.17) is 10.5 Å². The van der Waals surface area contributed by atoms with Gasteiger partial charge in [0.25, 0.3) is 0 Å². The van der Waals surface area contributed by atoms with Crippen LogP contribution in [0.4, 0.5) is 19.4 Å². The summed E-state index contributed by atoms with van der Waals surface area (Å²) in [4.78, 5) is 26.5. The van der Waals surface area contributed by atoms with Gasteiger partial charge >= 0.3 is 17.6 Å². The number of hydrogen-bond donors (Lipinski definition) is 4. The minimum Gasteiger partial charge on any atom is -0.384 e. The molecule has 2 rings (SSSR count). The Morgan fingerprint density at radius 3 is 2.88 bits per heavy atom.